The van der Waals surface area contributed by atoms with E-state index in [1.807, 2.05) is 0 Å². The van der Waals surface area contributed by atoms with Crippen molar-refractivity contribution in [3.63, 3.8) is 0 Å². The number of nitrogens with one attached hydrogen (secondary N) is 4. The van der Waals surface area contributed by atoms with E-state index in [2.05, 4.69) is 21.3 Å². The Labute approximate surface area is 405 Å². The zero-order valence-corrected chi connectivity index (χ0v) is 40.6. The van der Waals surface area contributed by atoms with E-state index in [1.54, 1.807) is 51.1 Å². The van der Waals surface area contributed by atoms with Crippen LogP contribution in [0.25, 0.3) is 0 Å². The quantitative estimate of drug-likeness (QED) is 0.142. The van der Waals surface area contributed by atoms with Crippen molar-refractivity contribution in [2.45, 2.75) is 161 Å². The maximum atomic E-state index is 13.9. The molecule has 5 rings (SSSR count). The number of esters is 1. The maximum absolute atomic E-state index is 13.9. The Morgan fingerprint density at radius 3 is 1.13 bits per heavy atom. The lowest BCUT2D eigenvalue weighted by Crippen LogP contribution is -2.61. The number of rotatable bonds is 14. The molecule has 0 spiro atoms. The molecule has 27 heteroatoms. The van der Waals surface area contributed by atoms with Gasteiger partial charge >= 0.3 is 36.4 Å². The Balaban J connectivity index is 1.22. The van der Waals surface area contributed by atoms with Crippen molar-refractivity contribution in [1.29, 1.82) is 0 Å². The molecule has 4 aliphatic heterocycles. The van der Waals surface area contributed by atoms with E-state index >= 15 is 0 Å². The molecule has 4 fully saturated rings. The van der Waals surface area contributed by atoms with Crippen LogP contribution in [-0.2, 0) is 73.4 Å². The molecule has 0 radical (unpaired) electrons. The molecule has 0 bridgehead atoms. The second-order valence-corrected chi connectivity index (χ2v) is 18.1. The number of cyclic esters (lactones) is 4. The molecule has 12 amide bonds. The highest BCUT2D eigenvalue weighted by Crippen LogP contribution is 2.27. The summed E-state index contributed by atoms with van der Waals surface area (Å²) in [6, 6.07) is -4.55. The topological polar surface area (TPSA) is 338 Å². The van der Waals surface area contributed by atoms with Gasteiger partial charge in [0.05, 0.1) is 0 Å². The van der Waals surface area contributed by atoms with Gasteiger partial charge in [-0.2, -0.15) is 0 Å². The Kier molecular flexibility index (Phi) is 16.3. The van der Waals surface area contributed by atoms with Gasteiger partial charge in [0.2, 0.25) is 17.7 Å². The van der Waals surface area contributed by atoms with Crippen LogP contribution in [0.4, 0.5) is 24.0 Å². The molecular formula is C44H56N8O19. The summed E-state index contributed by atoms with van der Waals surface area (Å²) in [7, 11) is 0. The Morgan fingerprint density at radius 2 is 0.803 bits per heavy atom. The summed E-state index contributed by atoms with van der Waals surface area (Å²) in [5, 5.41) is 9.16. The number of hydrogen-bond acceptors (Lipinski definition) is 19. The minimum absolute atomic E-state index is 0.186. The van der Waals surface area contributed by atoms with Crippen LogP contribution < -0.4 is 21.3 Å². The molecule has 27 nitrogen and oxygen atoms in total. The van der Waals surface area contributed by atoms with Crippen molar-refractivity contribution in [2.24, 2.45) is 0 Å². The first-order chi connectivity index (χ1) is 33.1. The smallest absolute Gasteiger partial charge is 0.417 e. The molecule has 1 aromatic rings. The van der Waals surface area contributed by atoms with Crippen LogP contribution in [0.1, 0.15) is 81.7 Å². The zero-order chi connectivity index (χ0) is 53.1. The van der Waals surface area contributed by atoms with Gasteiger partial charge in [-0.1, -0.05) is 30.3 Å². The highest BCUT2D eigenvalue weighted by Gasteiger charge is 2.55. The molecule has 12 atom stereocenters. The lowest BCUT2D eigenvalue weighted by molar-refractivity contribution is -0.154. The van der Waals surface area contributed by atoms with E-state index in [0.29, 0.717) is 25.2 Å². The summed E-state index contributed by atoms with van der Waals surface area (Å²) >= 11 is 0. The van der Waals surface area contributed by atoms with Crippen LogP contribution in [0.3, 0.4) is 0 Å². The highest BCUT2D eigenvalue weighted by atomic mass is 16.6. The van der Waals surface area contributed by atoms with Crippen LogP contribution in [-0.4, -0.2) is 176 Å². The van der Waals surface area contributed by atoms with Crippen LogP contribution in [0.15, 0.2) is 30.3 Å². The van der Waals surface area contributed by atoms with E-state index in [0.717, 1.165) is 13.8 Å². The van der Waals surface area contributed by atoms with Gasteiger partial charge in [0.25, 0.3) is 23.6 Å². The first kappa shape index (κ1) is 54.1. The summed E-state index contributed by atoms with van der Waals surface area (Å²) in [6.07, 6.45) is -11.2. The molecule has 4 aliphatic rings. The third kappa shape index (κ3) is 11.8. The Bertz CT molecular complexity index is 2380. The minimum Gasteiger partial charge on any atom is -0.459 e. The zero-order valence-electron chi connectivity index (χ0n) is 40.6. The monoisotopic (exact) mass is 1000 g/mol. The summed E-state index contributed by atoms with van der Waals surface area (Å²) in [5.41, 5.74) is -0.314. The first-order valence-electron chi connectivity index (χ1n) is 22.3. The average molecular weight is 1000 g/mol. The van der Waals surface area contributed by atoms with Crippen molar-refractivity contribution in [1.82, 2.24) is 40.9 Å². The number of benzene rings is 1. The van der Waals surface area contributed by atoms with Crippen molar-refractivity contribution in [2.75, 3.05) is 0 Å². The van der Waals surface area contributed by atoms with E-state index < -0.39 is 156 Å². The van der Waals surface area contributed by atoms with Crippen molar-refractivity contribution in [3.05, 3.63) is 35.9 Å². The molecule has 0 aromatic heterocycles. The fraction of sp³-hybridized carbons (Fsp3) is 0.568. The lowest BCUT2D eigenvalue weighted by atomic mass is 10.1. The normalized spacial score (nSPS) is 25.6. The number of carbonyl (C=O) groups is 13. The molecule has 0 saturated carbocycles. The number of amides is 12. The van der Waals surface area contributed by atoms with E-state index in [-0.39, 0.29) is 6.61 Å². The molecule has 4 N–H and O–H groups in total. The summed E-state index contributed by atoms with van der Waals surface area (Å²) in [5.74, 6) is -8.99. The fourth-order valence-corrected chi connectivity index (χ4v) is 7.89. The second-order valence-electron chi connectivity index (χ2n) is 18.1. The van der Waals surface area contributed by atoms with Gasteiger partial charge in [-0.15, -0.1) is 0 Å². The largest absolute Gasteiger partial charge is 0.459 e. The third-order valence-corrected chi connectivity index (χ3v) is 11.3. The van der Waals surface area contributed by atoms with Crippen LogP contribution in [0, 0.1) is 0 Å². The first-order valence-corrected chi connectivity index (χ1v) is 22.3. The predicted molar refractivity (Wildman–Crippen MR) is 234 cm³/mol. The molecular weight excluding hydrogens is 945 g/mol. The van der Waals surface area contributed by atoms with Crippen LogP contribution in [0.5, 0.6) is 0 Å². The number of ether oxygens (including phenoxy) is 6. The van der Waals surface area contributed by atoms with Gasteiger partial charge < -0.3 is 49.7 Å². The van der Waals surface area contributed by atoms with Gasteiger partial charge in [0, 0.05) is 0 Å². The highest BCUT2D eigenvalue weighted by molar-refractivity contribution is 6.08. The van der Waals surface area contributed by atoms with Crippen LogP contribution >= 0.6 is 0 Å². The number of carbonyl (C=O) groups excluding carboxylic acids is 13. The molecule has 386 valence electrons. The molecule has 0 unspecified atom stereocenters. The predicted octanol–water partition coefficient (Wildman–Crippen LogP) is 0.101. The van der Waals surface area contributed by atoms with Gasteiger partial charge in [-0.25, -0.2) is 48.4 Å². The Hall–Kier alpha value is -7.87. The van der Waals surface area contributed by atoms with Gasteiger partial charge in [0.1, 0.15) is 60.8 Å². The van der Waals surface area contributed by atoms with Crippen LogP contribution in [0.2, 0.25) is 0 Å². The summed E-state index contributed by atoms with van der Waals surface area (Å²) in [6.45, 7) is 14.3. The second kappa shape index (κ2) is 21.4. The van der Waals surface area contributed by atoms with E-state index in [1.165, 1.54) is 41.5 Å². The molecule has 4 heterocycles. The van der Waals surface area contributed by atoms with Crippen molar-refractivity contribution in [3.8, 4) is 0 Å². The molecule has 71 heavy (non-hydrogen) atoms. The van der Waals surface area contributed by atoms with Gasteiger partial charge in [-0.3, -0.25) is 33.6 Å². The summed E-state index contributed by atoms with van der Waals surface area (Å²) < 4.78 is 31.0. The van der Waals surface area contributed by atoms with Crippen molar-refractivity contribution < 1.29 is 90.8 Å². The Morgan fingerprint density at radius 1 is 0.507 bits per heavy atom. The molecule has 1 aromatic carbocycles. The minimum atomic E-state index is -1.80. The molecule has 4 saturated heterocycles. The SMILES string of the molecule is C[C@H](NC(=O)OC(C)(C)C)C(=O)N1C(=O)O[C@H](C)[C@@H]1C(=O)N[C@@H](C)C(=O)N1C(=O)O[C@H](C)[C@@H]1C(=O)N[C@@H](C)C(=O)N1C(=O)O[C@H](C)[C@@H]1C(=O)N[C@@H](C)C(=O)N1C(=O)O[C@H](C)[C@@H]1C(=O)OCc1ccccc1. The summed E-state index contributed by atoms with van der Waals surface area (Å²) in [4.78, 5) is 175. The number of hydrogen-bond donors (Lipinski definition) is 4. The van der Waals surface area contributed by atoms with E-state index in [9.17, 15) is 62.3 Å². The average Bonchev–Trinajstić information content (AvgIpc) is 3.96. The number of nitrogens with zero attached hydrogens (tertiary/aromatic N) is 4. The maximum Gasteiger partial charge on any atom is 0.417 e. The van der Waals surface area contributed by atoms with Gasteiger partial charge in [0.15, 0.2) is 24.2 Å². The number of imide groups is 4. The fourth-order valence-electron chi connectivity index (χ4n) is 7.89. The third-order valence-electron chi connectivity index (χ3n) is 11.3. The molecule has 0 aliphatic carbocycles. The standard InChI is InChI=1S/C44H56N8O19/c1-18(34(56)50-28(23(6)68-41(50)63)32(54)47-20(3)36(58)52-30(25(8)70-43(52)65)38(60)66-17-26-15-13-12-14-16-26)45-31(53)27-22(5)67-40(62)49(27)35(57)19(2)46-33(55)29-24(7)69-42(64)51(29)37(59)21(4)48-39(61)71-44(9,10)11/h12-16,18-25,27-30H,17H2,1-11H3,(H,45,53)(H,46,55)(H,47,54)(H,48,61)/t18-,19-,20-,21-,22+,23+,24+,25+,27+,28+,29+,30+/m0/s1. The van der Waals surface area contributed by atoms with Crippen molar-refractivity contribution >= 4 is 77.8 Å². The van der Waals surface area contributed by atoms with E-state index in [4.69, 9.17) is 28.4 Å². The lowest BCUT2D eigenvalue weighted by Gasteiger charge is -2.29. The van der Waals surface area contributed by atoms with Gasteiger partial charge in [-0.05, 0) is 81.7 Å². The number of alkyl carbamates (subject to hydrolysis) is 1.